The zero-order chi connectivity index (χ0) is 14.8. The van der Waals surface area contributed by atoms with Crippen LogP contribution in [0.25, 0.3) is 0 Å². The van der Waals surface area contributed by atoms with Crippen LogP contribution in [0.3, 0.4) is 0 Å². The zero-order valence-corrected chi connectivity index (χ0v) is 13.1. The van der Waals surface area contributed by atoms with E-state index in [-0.39, 0.29) is 36.7 Å². The van der Waals surface area contributed by atoms with Crippen molar-refractivity contribution >= 4 is 29.9 Å². The van der Waals surface area contributed by atoms with Crippen molar-refractivity contribution in [2.24, 2.45) is 0 Å². The number of likely N-dealkylation sites (tertiary alicyclic amines) is 1. The fourth-order valence-corrected chi connectivity index (χ4v) is 2.66. The van der Waals surface area contributed by atoms with Gasteiger partial charge in [-0.25, -0.2) is 0 Å². The van der Waals surface area contributed by atoms with Crippen LogP contribution in [0.2, 0.25) is 0 Å². The second-order valence-electron chi connectivity index (χ2n) is 5.79. The molecular weight excluding hydrogens is 304 g/mol. The van der Waals surface area contributed by atoms with Gasteiger partial charge in [-0.05, 0) is 37.8 Å². The highest BCUT2D eigenvalue weighted by Crippen LogP contribution is 2.23. The van der Waals surface area contributed by atoms with Gasteiger partial charge in [0.25, 0.3) is 0 Å². The van der Waals surface area contributed by atoms with Crippen molar-refractivity contribution in [1.82, 2.24) is 15.2 Å². The maximum absolute atomic E-state index is 12.4. The SMILES string of the molecule is Cl.Nc1ccc(CC(=O)N2CCCC2C(=O)NC2CC2)nc1. The third kappa shape index (κ3) is 3.88. The predicted octanol–water partition coefficient (Wildman–Crippen LogP) is 0.898. The van der Waals surface area contributed by atoms with Crippen LogP contribution in [-0.2, 0) is 16.0 Å². The number of hydrogen-bond donors (Lipinski definition) is 2. The van der Waals surface area contributed by atoms with Crippen LogP contribution in [0, 0.1) is 0 Å². The fraction of sp³-hybridized carbons (Fsp3) is 0.533. The highest BCUT2D eigenvalue weighted by atomic mass is 35.5. The average Bonchev–Trinajstić information content (AvgIpc) is 3.13. The third-order valence-electron chi connectivity index (χ3n) is 3.98. The highest BCUT2D eigenvalue weighted by molar-refractivity contribution is 5.89. The maximum Gasteiger partial charge on any atom is 0.243 e. The van der Waals surface area contributed by atoms with Crippen LogP contribution < -0.4 is 11.1 Å². The molecule has 3 rings (SSSR count). The van der Waals surface area contributed by atoms with E-state index in [0.717, 1.165) is 25.7 Å². The minimum Gasteiger partial charge on any atom is -0.397 e. The lowest BCUT2D eigenvalue weighted by atomic mass is 10.2. The predicted molar refractivity (Wildman–Crippen MR) is 85.5 cm³/mol. The minimum absolute atomic E-state index is 0. The molecule has 7 heteroatoms. The van der Waals surface area contributed by atoms with Crippen molar-refractivity contribution in [3.8, 4) is 0 Å². The molecule has 1 saturated heterocycles. The standard InChI is InChI=1S/C15H20N4O2.ClH/c16-10-3-4-12(17-9-10)8-14(20)19-7-1-2-13(19)15(21)18-11-5-6-11;/h3-4,9,11,13H,1-2,5-8,16H2,(H,18,21);1H. The molecule has 0 radical (unpaired) electrons. The summed E-state index contributed by atoms with van der Waals surface area (Å²) in [5.74, 6) is -0.0469. The Morgan fingerprint density at radius 3 is 2.73 bits per heavy atom. The number of nitrogen functional groups attached to an aromatic ring is 1. The lowest BCUT2D eigenvalue weighted by Gasteiger charge is -2.24. The van der Waals surface area contributed by atoms with Gasteiger partial charge in [-0.2, -0.15) is 0 Å². The van der Waals surface area contributed by atoms with E-state index in [2.05, 4.69) is 10.3 Å². The van der Waals surface area contributed by atoms with E-state index >= 15 is 0 Å². The van der Waals surface area contributed by atoms with E-state index in [1.54, 1.807) is 23.2 Å². The van der Waals surface area contributed by atoms with Crippen LogP contribution in [0.1, 0.15) is 31.4 Å². The van der Waals surface area contributed by atoms with Gasteiger partial charge in [0.15, 0.2) is 0 Å². The van der Waals surface area contributed by atoms with Crippen LogP contribution >= 0.6 is 12.4 Å². The molecule has 1 aromatic heterocycles. The largest absolute Gasteiger partial charge is 0.397 e. The Kier molecular flexibility index (Phi) is 5.24. The van der Waals surface area contributed by atoms with Gasteiger partial charge in [0.2, 0.25) is 11.8 Å². The monoisotopic (exact) mass is 324 g/mol. The van der Waals surface area contributed by atoms with Gasteiger partial charge in [0.05, 0.1) is 18.3 Å². The van der Waals surface area contributed by atoms with Crippen molar-refractivity contribution in [3.05, 3.63) is 24.0 Å². The summed E-state index contributed by atoms with van der Waals surface area (Å²) >= 11 is 0. The third-order valence-corrected chi connectivity index (χ3v) is 3.98. The molecular formula is C15H21ClN4O2. The fourth-order valence-electron chi connectivity index (χ4n) is 2.66. The first-order valence-electron chi connectivity index (χ1n) is 7.44. The number of pyridine rings is 1. The first-order valence-corrected chi connectivity index (χ1v) is 7.44. The number of amides is 2. The molecule has 1 unspecified atom stereocenters. The first-order chi connectivity index (χ1) is 10.1. The number of nitrogens with two attached hydrogens (primary N) is 1. The number of carbonyl (C=O) groups is 2. The summed E-state index contributed by atoms with van der Waals surface area (Å²) in [6.07, 6.45) is 5.50. The second kappa shape index (κ2) is 6.96. The van der Waals surface area contributed by atoms with E-state index < -0.39 is 0 Å². The number of anilines is 1. The second-order valence-corrected chi connectivity index (χ2v) is 5.79. The Balaban J connectivity index is 0.00000176. The van der Waals surface area contributed by atoms with Gasteiger partial charge in [0.1, 0.15) is 6.04 Å². The number of nitrogens with one attached hydrogen (secondary N) is 1. The molecule has 6 nitrogen and oxygen atoms in total. The van der Waals surface area contributed by atoms with E-state index in [0.29, 0.717) is 24.0 Å². The van der Waals surface area contributed by atoms with Gasteiger partial charge in [-0.15, -0.1) is 12.4 Å². The van der Waals surface area contributed by atoms with Gasteiger partial charge in [0, 0.05) is 18.3 Å². The maximum atomic E-state index is 12.4. The molecule has 22 heavy (non-hydrogen) atoms. The van der Waals surface area contributed by atoms with Gasteiger partial charge in [-0.3, -0.25) is 14.6 Å². The number of rotatable bonds is 4. The Bertz CT molecular complexity index is 545. The number of aromatic nitrogens is 1. The zero-order valence-electron chi connectivity index (χ0n) is 12.3. The number of hydrogen-bond acceptors (Lipinski definition) is 4. The van der Waals surface area contributed by atoms with Crippen LogP contribution in [0.5, 0.6) is 0 Å². The Morgan fingerprint density at radius 1 is 1.32 bits per heavy atom. The molecule has 1 aliphatic carbocycles. The van der Waals surface area contributed by atoms with Gasteiger partial charge in [-0.1, -0.05) is 0 Å². The van der Waals surface area contributed by atoms with Crippen molar-refractivity contribution in [2.75, 3.05) is 12.3 Å². The molecule has 0 bridgehead atoms. The van der Waals surface area contributed by atoms with Crippen LogP contribution in [0.4, 0.5) is 5.69 Å². The summed E-state index contributed by atoms with van der Waals surface area (Å²) in [5, 5.41) is 2.99. The summed E-state index contributed by atoms with van der Waals surface area (Å²) in [7, 11) is 0. The normalized spacial score (nSPS) is 20.4. The molecule has 120 valence electrons. The molecule has 1 saturated carbocycles. The van der Waals surface area contributed by atoms with Crippen LogP contribution in [-0.4, -0.2) is 40.3 Å². The number of nitrogens with zero attached hydrogens (tertiary/aromatic N) is 2. The lowest BCUT2D eigenvalue weighted by molar-refractivity contribution is -0.138. The number of halogens is 1. The quantitative estimate of drug-likeness (QED) is 0.861. The van der Waals surface area contributed by atoms with E-state index in [1.165, 1.54) is 0 Å². The van der Waals surface area contributed by atoms with E-state index in [1.807, 2.05) is 0 Å². The molecule has 1 atom stereocenters. The molecule has 3 N–H and O–H groups in total. The van der Waals surface area contributed by atoms with E-state index in [4.69, 9.17) is 5.73 Å². The Morgan fingerprint density at radius 2 is 2.09 bits per heavy atom. The molecule has 2 amide bonds. The average molecular weight is 325 g/mol. The van der Waals surface area contributed by atoms with Gasteiger partial charge >= 0.3 is 0 Å². The molecule has 2 heterocycles. The van der Waals surface area contributed by atoms with Crippen molar-refractivity contribution in [3.63, 3.8) is 0 Å². The smallest absolute Gasteiger partial charge is 0.243 e. The van der Waals surface area contributed by atoms with E-state index in [9.17, 15) is 9.59 Å². The van der Waals surface area contributed by atoms with Crippen molar-refractivity contribution in [1.29, 1.82) is 0 Å². The minimum atomic E-state index is -0.313. The Hall–Kier alpha value is -1.82. The summed E-state index contributed by atoms with van der Waals surface area (Å²) in [5.41, 5.74) is 6.84. The van der Waals surface area contributed by atoms with Crippen molar-refractivity contribution < 1.29 is 9.59 Å². The summed E-state index contributed by atoms with van der Waals surface area (Å²) in [6, 6.07) is 3.50. The topological polar surface area (TPSA) is 88.3 Å². The van der Waals surface area contributed by atoms with Crippen LogP contribution in [0.15, 0.2) is 18.3 Å². The molecule has 2 aliphatic rings. The number of carbonyl (C=O) groups excluding carboxylic acids is 2. The first kappa shape index (κ1) is 16.5. The molecule has 0 spiro atoms. The molecule has 2 fully saturated rings. The molecule has 1 aromatic rings. The summed E-state index contributed by atoms with van der Waals surface area (Å²) < 4.78 is 0. The summed E-state index contributed by atoms with van der Waals surface area (Å²) in [4.78, 5) is 30.4. The molecule has 1 aliphatic heterocycles. The highest BCUT2D eigenvalue weighted by Gasteiger charge is 2.36. The lowest BCUT2D eigenvalue weighted by Crippen LogP contribution is -2.47. The van der Waals surface area contributed by atoms with Crippen molar-refractivity contribution in [2.45, 2.75) is 44.2 Å². The van der Waals surface area contributed by atoms with Gasteiger partial charge < -0.3 is 16.0 Å². The molecule has 0 aromatic carbocycles. The Labute approximate surface area is 135 Å². The summed E-state index contributed by atoms with van der Waals surface area (Å²) in [6.45, 7) is 0.649.